The van der Waals surface area contributed by atoms with Crippen LogP contribution in [0.5, 0.6) is 0 Å². The molecule has 0 spiro atoms. The van der Waals surface area contributed by atoms with E-state index in [4.69, 9.17) is 0 Å². The Morgan fingerprint density at radius 1 is 1.43 bits per heavy atom. The van der Waals surface area contributed by atoms with E-state index in [0.717, 1.165) is 25.3 Å². The van der Waals surface area contributed by atoms with Crippen LogP contribution in [0.15, 0.2) is 23.1 Å². The number of ether oxygens (including phenoxy) is 1. The van der Waals surface area contributed by atoms with E-state index in [1.165, 1.54) is 0 Å². The minimum atomic E-state index is -4.00. The molecular weight excluding hydrogens is 323 g/mol. The van der Waals surface area contributed by atoms with Crippen LogP contribution in [0.3, 0.4) is 0 Å². The zero-order valence-electron chi connectivity index (χ0n) is 11.8. The molecule has 21 heavy (non-hydrogen) atoms. The molecule has 2 N–H and O–H groups in total. The van der Waals surface area contributed by atoms with Gasteiger partial charge >= 0.3 is 5.97 Å². The summed E-state index contributed by atoms with van der Waals surface area (Å²) in [6.07, 6.45) is 0. The van der Waals surface area contributed by atoms with E-state index in [1.54, 1.807) is 14.0 Å². The van der Waals surface area contributed by atoms with Crippen molar-refractivity contribution in [3.05, 3.63) is 29.6 Å². The van der Waals surface area contributed by atoms with Gasteiger partial charge in [-0.3, -0.25) is 0 Å². The molecule has 0 bridgehead atoms. The third kappa shape index (κ3) is 5.24. The van der Waals surface area contributed by atoms with Gasteiger partial charge in [0.1, 0.15) is 5.82 Å². The Morgan fingerprint density at radius 3 is 2.57 bits per heavy atom. The standard InChI is InChI=1S/C12H17FN2O4S.ClH/c1-8(14-2)7-15-20(17,18)11-6-9(13)4-5-10(11)12(16)19-3;/h4-6,8,14-15H,7H2,1-3H3;1H. The molecule has 1 unspecified atom stereocenters. The molecule has 0 heterocycles. The van der Waals surface area contributed by atoms with Crippen LogP contribution in [0.25, 0.3) is 0 Å². The minimum absolute atomic E-state index is 0. The predicted molar refractivity (Wildman–Crippen MR) is 78.7 cm³/mol. The lowest BCUT2D eigenvalue weighted by atomic mass is 10.2. The zero-order chi connectivity index (χ0) is 15.3. The van der Waals surface area contributed by atoms with Crippen LogP contribution in [0.2, 0.25) is 0 Å². The molecule has 0 fully saturated rings. The van der Waals surface area contributed by atoms with Gasteiger partial charge < -0.3 is 10.1 Å². The fourth-order valence-electron chi connectivity index (χ4n) is 1.41. The number of hydrogen-bond donors (Lipinski definition) is 2. The highest BCUT2D eigenvalue weighted by Crippen LogP contribution is 2.18. The lowest BCUT2D eigenvalue weighted by Crippen LogP contribution is -2.37. The largest absolute Gasteiger partial charge is 0.465 e. The average molecular weight is 341 g/mol. The van der Waals surface area contributed by atoms with Crippen LogP contribution >= 0.6 is 12.4 Å². The van der Waals surface area contributed by atoms with Crippen LogP contribution < -0.4 is 10.0 Å². The molecule has 9 heteroatoms. The van der Waals surface area contributed by atoms with E-state index in [9.17, 15) is 17.6 Å². The van der Waals surface area contributed by atoms with Crippen LogP contribution in [0.1, 0.15) is 17.3 Å². The molecular formula is C12H18ClFN2O4S. The van der Waals surface area contributed by atoms with Gasteiger partial charge in [0, 0.05) is 12.6 Å². The quantitative estimate of drug-likeness (QED) is 0.752. The smallest absolute Gasteiger partial charge is 0.339 e. The van der Waals surface area contributed by atoms with Gasteiger partial charge in [0.15, 0.2) is 0 Å². The Balaban J connectivity index is 0.00000400. The fraction of sp³-hybridized carbons (Fsp3) is 0.417. The molecule has 0 aliphatic carbocycles. The number of benzene rings is 1. The van der Waals surface area contributed by atoms with Crippen LogP contribution in [0.4, 0.5) is 4.39 Å². The van der Waals surface area contributed by atoms with Crippen LogP contribution in [0, 0.1) is 5.82 Å². The second-order valence-corrected chi connectivity index (χ2v) is 5.91. The monoisotopic (exact) mass is 340 g/mol. The highest BCUT2D eigenvalue weighted by atomic mass is 35.5. The molecule has 0 aliphatic rings. The topological polar surface area (TPSA) is 84.5 Å². The number of hydrogen-bond acceptors (Lipinski definition) is 5. The molecule has 1 atom stereocenters. The first-order valence-corrected chi connectivity index (χ1v) is 7.35. The van der Waals surface area contributed by atoms with E-state index in [0.29, 0.717) is 0 Å². The minimum Gasteiger partial charge on any atom is -0.465 e. The molecule has 1 aromatic rings. The van der Waals surface area contributed by atoms with E-state index in [2.05, 4.69) is 14.8 Å². The van der Waals surface area contributed by atoms with Gasteiger partial charge in [0.25, 0.3) is 0 Å². The van der Waals surface area contributed by atoms with Gasteiger partial charge in [-0.15, -0.1) is 12.4 Å². The summed E-state index contributed by atoms with van der Waals surface area (Å²) in [6, 6.07) is 2.76. The summed E-state index contributed by atoms with van der Waals surface area (Å²) in [5.41, 5.74) is -0.210. The van der Waals surface area contributed by atoms with Gasteiger partial charge in [-0.05, 0) is 32.2 Å². The summed E-state index contributed by atoms with van der Waals surface area (Å²) in [6.45, 7) is 1.88. The molecule has 6 nitrogen and oxygen atoms in total. The van der Waals surface area contributed by atoms with Crippen LogP contribution in [-0.2, 0) is 14.8 Å². The zero-order valence-corrected chi connectivity index (χ0v) is 13.5. The number of likely N-dealkylation sites (N-methyl/N-ethyl adjacent to an activating group) is 1. The van der Waals surface area contributed by atoms with Gasteiger partial charge in [-0.2, -0.15) is 0 Å². The van der Waals surface area contributed by atoms with Crippen molar-refractivity contribution in [3.63, 3.8) is 0 Å². The van der Waals surface area contributed by atoms with Crippen molar-refractivity contribution in [1.82, 2.24) is 10.0 Å². The Morgan fingerprint density at radius 2 is 2.05 bits per heavy atom. The molecule has 120 valence electrons. The van der Waals surface area contributed by atoms with Crippen molar-refractivity contribution in [2.45, 2.75) is 17.9 Å². The van der Waals surface area contributed by atoms with Crippen molar-refractivity contribution in [2.24, 2.45) is 0 Å². The molecule has 0 saturated carbocycles. The first-order chi connectivity index (χ1) is 9.31. The first-order valence-electron chi connectivity index (χ1n) is 5.86. The Kier molecular flexibility index (Phi) is 7.80. The van der Waals surface area contributed by atoms with Crippen molar-refractivity contribution < 1.29 is 22.3 Å². The lowest BCUT2D eigenvalue weighted by Gasteiger charge is -2.13. The summed E-state index contributed by atoms with van der Waals surface area (Å²) < 4.78 is 44.3. The Bertz CT molecular complexity index is 595. The lowest BCUT2D eigenvalue weighted by molar-refractivity contribution is 0.0596. The highest BCUT2D eigenvalue weighted by molar-refractivity contribution is 7.89. The number of sulfonamides is 1. The number of nitrogens with one attached hydrogen (secondary N) is 2. The van der Waals surface area contributed by atoms with Crippen molar-refractivity contribution in [2.75, 3.05) is 20.7 Å². The number of carbonyl (C=O) groups is 1. The van der Waals surface area contributed by atoms with Gasteiger partial charge in [-0.25, -0.2) is 22.3 Å². The number of methoxy groups -OCH3 is 1. The third-order valence-electron chi connectivity index (χ3n) is 2.71. The third-order valence-corrected chi connectivity index (χ3v) is 4.17. The molecule has 1 rings (SSSR count). The van der Waals surface area contributed by atoms with E-state index < -0.39 is 26.7 Å². The molecule has 0 aliphatic heterocycles. The maximum atomic E-state index is 13.3. The SMILES string of the molecule is CNC(C)CNS(=O)(=O)c1cc(F)ccc1C(=O)OC.Cl. The second-order valence-electron chi connectivity index (χ2n) is 4.17. The molecule has 1 aromatic carbocycles. The average Bonchev–Trinajstić information content (AvgIpc) is 2.43. The number of carbonyl (C=O) groups excluding carboxylic acids is 1. The number of halogens is 2. The van der Waals surface area contributed by atoms with Gasteiger partial charge in [-0.1, -0.05) is 0 Å². The number of rotatable bonds is 6. The molecule has 0 saturated heterocycles. The van der Waals surface area contributed by atoms with E-state index >= 15 is 0 Å². The van der Waals surface area contributed by atoms with Crippen molar-refractivity contribution in [1.29, 1.82) is 0 Å². The molecule has 0 radical (unpaired) electrons. The van der Waals surface area contributed by atoms with Gasteiger partial charge in [0.2, 0.25) is 10.0 Å². The first kappa shape index (κ1) is 19.8. The summed E-state index contributed by atoms with van der Waals surface area (Å²) in [5, 5.41) is 2.86. The Hall–Kier alpha value is -1.22. The summed E-state index contributed by atoms with van der Waals surface area (Å²) in [5.74, 6) is -1.59. The Labute approximate surface area is 129 Å². The van der Waals surface area contributed by atoms with Gasteiger partial charge in [0.05, 0.1) is 17.6 Å². The second kappa shape index (κ2) is 8.28. The summed E-state index contributed by atoms with van der Waals surface area (Å²) in [4.78, 5) is 11.1. The molecule has 0 aromatic heterocycles. The van der Waals surface area contributed by atoms with Crippen molar-refractivity contribution in [3.8, 4) is 0 Å². The van der Waals surface area contributed by atoms with E-state index in [-0.39, 0.29) is 30.6 Å². The van der Waals surface area contributed by atoms with Crippen molar-refractivity contribution >= 4 is 28.4 Å². The fourth-order valence-corrected chi connectivity index (χ4v) is 2.75. The normalized spacial score (nSPS) is 12.4. The number of esters is 1. The summed E-state index contributed by atoms with van der Waals surface area (Å²) in [7, 11) is -1.20. The van der Waals surface area contributed by atoms with E-state index in [1.807, 2.05) is 0 Å². The summed E-state index contributed by atoms with van der Waals surface area (Å²) >= 11 is 0. The maximum Gasteiger partial charge on any atom is 0.339 e. The predicted octanol–water partition coefficient (Wildman–Crippen LogP) is 0.920. The molecule has 0 amide bonds. The maximum absolute atomic E-state index is 13.3. The highest BCUT2D eigenvalue weighted by Gasteiger charge is 2.24. The van der Waals surface area contributed by atoms with Crippen LogP contribution in [-0.4, -0.2) is 41.1 Å².